The molecule has 4 rings (SSSR count). The van der Waals surface area contributed by atoms with Crippen LogP contribution in [-0.2, 0) is 12.8 Å². The molecule has 1 aromatic heterocycles. The van der Waals surface area contributed by atoms with Crippen LogP contribution in [0.15, 0.2) is 60.9 Å². The zero-order valence-electron chi connectivity index (χ0n) is 14.9. The predicted molar refractivity (Wildman–Crippen MR) is 101 cm³/mol. The molecule has 1 aliphatic heterocycles. The van der Waals surface area contributed by atoms with Crippen LogP contribution in [0.5, 0.6) is 11.5 Å². The van der Waals surface area contributed by atoms with Crippen LogP contribution in [-0.4, -0.2) is 36.1 Å². The van der Waals surface area contributed by atoms with Crippen molar-refractivity contribution in [1.82, 2.24) is 15.1 Å². The van der Waals surface area contributed by atoms with E-state index >= 15 is 0 Å². The van der Waals surface area contributed by atoms with Gasteiger partial charge < -0.3 is 14.8 Å². The highest BCUT2D eigenvalue weighted by Crippen LogP contribution is 2.34. The second kappa shape index (κ2) is 7.62. The van der Waals surface area contributed by atoms with E-state index in [1.165, 1.54) is 11.1 Å². The third-order valence-electron chi connectivity index (χ3n) is 4.68. The van der Waals surface area contributed by atoms with Crippen LogP contribution in [0.3, 0.4) is 0 Å². The highest BCUT2D eigenvalue weighted by atomic mass is 16.5. The van der Waals surface area contributed by atoms with Crippen LogP contribution in [0.1, 0.15) is 11.1 Å². The fourth-order valence-electron chi connectivity index (χ4n) is 3.32. The van der Waals surface area contributed by atoms with E-state index in [2.05, 4.69) is 34.8 Å². The molecule has 0 spiro atoms. The number of ether oxygens (including phenoxy) is 2. The molecule has 3 aromatic rings. The van der Waals surface area contributed by atoms with Gasteiger partial charge in [0, 0.05) is 12.2 Å². The van der Waals surface area contributed by atoms with Gasteiger partial charge in [-0.15, -0.1) is 0 Å². The van der Waals surface area contributed by atoms with Crippen LogP contribution in [0.2, 0.25) is 0 Å². The molecule has 1 N–H and O–H groups in total. The van der Waals surface area contributed by atoms with Crippen molar-refractivity contribution in [2.75, 3.05) is 20.3 Å². The molecule has 0 fully saturated rings. The van der Waals surface area contributed by atoms with Gasteiger partial charge in [0.2, 0.25) is 0 Å². The van der Waals surface area contributed by atoms with Crippen molar-refractivity contribution in [1.29, 1.82) is 0 Å². The summed E-state index contributed by atoms with van der Waals surface area (Å²) < 4.78 is 13.2. The third-order valence-corrected chi connectivity index (χ3v) is 4.68. The largest absolute Gasteiger partial charge is 0.493 e. The fraction of sp³-hybridized carbons (Fsp3) is 0.286. The summed E-state index contributed by atoms with van der Waals surface area (Å²) >= 11 is 0. The molecule has 1 atom stereocenters. The first-order valence-electron chi connectivity index (χ1n) is 8.94. The van der Waals surface area contributed by atoms with Crippen molar-refractivity contribution in [3.63, 3.8) is 0 Å². The zero-order chi connectivity index (χ0) is 17.8. The minimum Gasteiger partial charge on any atom is -0.493 e. The summed E-state index contributed by atoms with van der Waals surface area (Å²) in [4.78, 5) is 0. The van der Waals surface area contributed by atoms with E-state index in [9.17, 15) is 0 Å². The Morgan fingerprint density at radius 1 is 1.19 bits per heavy atom. The fourth-order valence-corrected chi connectivity index (χ4v) is 3.32. The van der Waals surface area contributed by atoms with E-state index in [1.54, 1.807) is 7.11 Å². The number of hydrogen-bond acceptors (Lipinski definition) is 4. The second-order valence-electron chi connectivity index (χ2n) is 6.49. The first-order chi connectivity index (χ1) is 12.8. The van der Waals surface area contributed by atoms with Crippen molar-refractivity contribution in [2.24, 2.45) is 0 Å². The highest BCUT2D eigenvalue weighted by Gasteiger charge is 2.22. The molecule has 1 aliphatic rings. The molecule has 0 aliphatic carbocycles. The number of nitrogens with zero attached hydrogens (tertiary/aromatic N) is 2. The topological polar surface area (TPSA) is 48.3 Å². The van der Waals surface area contributed by atoms with Gasteiger partial charge in [-0.25, -0.2) is 4.68 Å². The van der Waals surface area contributed by atoms with Gasteiger partial charge >= 0.3 is 0 Å². The molecule has 0 unspecified atom stereocenters. The van der Waals surface area contributed by atoms with Gasteiger partial charge in [-0.1, -0.05) is 30.3 Å². The van der Waals surface area contributed by atoms with Crippen molar-refractivity contribution in [3.05, 3.63) is 72.1 Å². The number of aromatic nitrogens is 2. The molecule has 0 bridgehead atoms. The lowest BCUT2D eigenvalue weighted by atomic mass is 10.0. The van der Waals surface area contributed by atoms with Crippen LogP contribution < -0.4 is 14.8 Å². The molecular formula is C21H23N3O2. The Morgan fingerprint density at radius 2 is 2.08 bits per heavy atom. The molecule has 2 aromatic carbocycles. The molecule has 5 heteroatoms. The first-order valence-corrected chi connectivity index (χ1v) is 8.94. The molecule has 0 radical (unpaired) electrons. The van der Waals surface area contributed by atoms with E-state index in [0.29, 0.717) is 12.6 Å². The Bertz CT molecular complexity index is 861. The molecule has 134 valence electrons. The average Bonchev–Trinajstić information content (AvgIpc) is 3.17. The second-order valence-corrected chi connectivity index (χ2v) is 6.49. The maximum Gasteiger partial charge on any atom is 0.164 e. The average molecular weight is 349 g/mol. The maximum absolute atomic E-state index is 5.92. The summed E-state index contributed by atoms with van der Waals surface area (Å²) in [5.74, 6) is 1.70. The highest BCUT2D eigenvalue weighted by molar-refractivity contribution is 5.48. The van der Waals surface area contributed by atoms with Crippen LogP contribution in [0.4, 0.5) is 0 Å². The van der Waals surface area contributed by atoms with Crippen molar-refractivity contribution in [2.45, 2.75) is 18.9 Å². The Kier molecular flexibility index (Phi) is 4.88. The number of para-hydroxylation sites is 2. The van der Waals surface area contributed by atoms with E-state index in [4.69, 9.17) is 9.47 Å². The molecule has 5 nitrogen and oxygen atoms in total. The lowest BCUT2D eigenvalue weighted by molar-refractivity contribution is 0.228. The molecule has 26 heavy (non-hydrogen) atoms. The van der Waals surface area contributed by atoms with E-state index in [1.807, 2.05) is 41.2 Å². The SMILES string of the molecule is COc1cccc2c1OC[C@@H](NCCc1cnn(-c3ccccc3)c1)C2. The summed E-state index contributed by atoms with van der Waals surface area (Å²) in [6.07, 6.45) is 5.92. The van der Waals surface area contributed by atoms with Gasteiger partial charge in [-0.05, 0) is 48.7 Å². The maximum atomic E-state index is 5.92. The smallest absolute Gasteiger partial charge is 0.164 e. The van der Waals surface area contributed by atoms with Gasteiger partial charge in [0.25, 0.3) is 0 Å². The number of benzene rings is 2. The Morgan fingerprint density at radius 3 is 2.92 bits per heavy atom. The molecule has 0 amide bonds. The van der Waals surface area contributed by atoms with Crippen LogP contribution in [0, 0.1) is 0 Å². The lowest BCUT2D eigenvalue weighted by Crippen LogP contribution is -2.40. The van der Waals surface area contributed by atoms with Crippen molar-refractivity contribution < 1.29 is 9.47 Å². The van der Waals surface area contributed by atoms with Crippen LogP contribution >= 0.6 is 0 Å². The third kappa shape index (κ3) is 3.58. The minimum atomic E-state index is 0.318. The summed E-state index contributed by atoms with van der Waals surface area (Å²) in [5.41, 5.74) is 3.50. The first kappa shape index (κ1) is 16.7. The van der Waals surface area contributed by atoms with Crippen molar-refractivity contribution in [3.8, 4) is 17.2 Å². The van der Waals surface area contributed by atoms with Crippen molar-refractivity contribution >= 4 is 0 Å². The van der Waals surface area contributed by atoms with Gasteiger partial charge in [0.15, 0.2) is 11.5 Å². The number of fused-ring (bicyclic) bond motifs is 1. The van der Waals surface area contributed by atoms with Gasteiger partial charge in [-0.3, -0.25) is 0 Å². The standard InChI is InChI=1S/C21H23N3O2/c1-25-20-9-5-6-17-12-18(15-26-21(17)20)22-11-10-16-13-23-24(14-16)19-7-3-2-4-8-19/h2-9,13-14,18,22H,10-12,15H2,1H3/t18-/m0/s1. The van der Waals surface area contributed by atoms with Gasteiger partial charge in [0.05, 0.1) is 19.0 Å². The summed E-state index contributed by atoms with van der Waals surface area (Å²) in [6.45, 7) is 1.56. The number of methoxy groups -OCH3 is 1. The molecule has 0 saturated heterocycles. The number of rotatable bonds is 6. The van der Waals surface area contributed by atoms with E-state index < -0.39 is 0 Å². The lowest BCUT2D eigenvalue weighted by Gasteiger charge is -2.27. The summed E-state index contributed by atoms with van der Waals surface area (Å²) in [7, 11) is 1.68. The van der Waals surface area contributed by atoms with E-state index in [-0.39, 0.29) is 0 Å². The number of nitrogens with one attached hydrogen (secondary N) is 1. The van der Waals surface area contributed by atoms with Crippen LogP contribution in [0.25, 0.3) is 5.69 Å². The van der Waals surface area contributed by atoms with Gasteiger partial charge in [-0.2, -0.15) is 5.10 Å². The van der Waals surface area contributed by atoms with E-state index in [0.717, 1.165) is 36.6 Å². The molecule has 0 saturated carbocycles. The predicted octanol–water partition coefficient (Wildman–Crippen LogP) is 3.02. The Hall–Kier alpha value is -2.79. The minimum absolute atomic E-state index is 0.318. The Labute approximate surface area is 153 Å². The monoisotopic (exact) mass is 349 g/mol. The molecule has 2 heterocycles. The normalized spacial score (nSPS) is 16.0. The quantitative estimate of drug-likeness (QED) is 0.743. The summed E-state index contributed by atoms with van der Waals surface area (Å²) in [6, 6.07) is 16.5. The number of hydrogen-bond donors (Lipinski definition) is 1. The zero-order valence-corrected chi connectivity index (χ0v) is 14.9. The molecular weight excluding hydrogens is 326 g/mol. The van der Waals surface area contributed by atoms with Gasteiger partial charge in [0.1, 0.15) is 6.61 Å². The Balaban J connectivity index is 1.31. The summed E-state index contributed by atoms with van der Waals surface area (Å²) in [5, 5.41) is 8.05.